The van der Waals surface area contributed by atoms with Crippen LogP contribution in [-0.2, 0) is 0 Å². The molecule has 0 saturated heterocycles. The van der Waals surface area contributed by atoms with Gasteiger partial charge in [0.2, 0.25) is 0 Å². The number of aromatic nitrogens is 1. The summed E-state index contributed by atoms with van der Waals surface area (Å²) in [5.41, 5.74) is 7.81. The predicted octanol–water partition coefficient (Wildman–Crippen LogP) is 7.43. The van der Waals surface area contributed by atoms with Crippen LogP contribution < -0.4 is 4.90 Å². The number of anilines is 1. The molecule has 0 fully saturated rings. The highest BCUT2D eigenvalue weighted by Crippen LogP contribution is 2.26. The minimum atomic E-state index is 0.985. The van der Waals surface area contributed by atoms with Crippen molar-refractivity contribution in [2.24, 2.45) is 0 Å². The molecule has 0 radical (unpaired) electrons. The topological polar surface area (TPSA) is 16.1 Å². The van der Waals surface area contributed by atoms with Gasteiger partial charge in [0.15, 0.2) is 0 Å². The third-order valence-electron chi connectivity index (χ3n) is 5.48. The second-order valence-electron chi connectivity index (χ2n) is 7.50. The fourth-order valence-electron chi connectivity index (χ4n) is 3.74. The summed E-state index contributed by atoms with van der Waals surface area (Å²) >= 11 is 0. The van der Waals surface area contributed by atoms with E-state index in [9.17, 15) is 0 Å². The molecule has 0 aliphatic rings. The Bertz CT molecular complexity index is 1070. The van der Waals surface area contributed by atoms with Gasteiger partial charge in [0.1, 0.15) is 0 Å². The molecule has 4 aromatic rings. The maximum absolute atomic E-state index is 4.94. The van der Waals surface area contributed by atoms with Crippen molar-refractivity contribution in [3.8, 4) is 22.5 Å². The summed E-state index contributed by atoms with van der Waals surface area (Å²) in [5, 5.41) is 0. The lowest BCUT2D eigenvalue weighted by Crippen LogP contribution is -2.21. The Morgan fingerprint density at radius 2 is 1.10 bits per heavy atom. The summed E-state index contributed by atoms with van der Waals surface area (Å²) in [6.45, 7) is 6.42. The van der Waals surface area contributed by atoms with Gasteiger partial charge in [-0.05, 0) is 49.2 Å². The quantitative estimate of drug-likeness (QED) is 0.318. The SMILES string of the molecule is CCN(CC)c1ccc(C=Cc2cc(-c3ccccc3)nc(-c3ccccc3)c2)cc1. The molecule has 0 bridgehead atoms. The summed E-state index contributed by atoms with van der Waals surface area (Å²) in [6.07, 6.45) is 4.35. The highest BCUT2D eigenvalue weighted by Gasteiger charge is 2.06. The molecule has 3 aromatic carbocycles. The molecule has 2 heteroatoms. The highest BCUT2D eigenvalue weighted by atomic mass is 15.1. The summed E-state index contributed by atoms with van der Waals surface area (Å²) in [4.78, 5) is 7.30. The third kappa shape index (κ3) is 5.10. The van der Waals surface area contributed by atoms with Gasteiger partial charge >= 0.3 is 0 Å². The van der Waals surface area contributed by atoms with Gasteiger partial charge in [0, 0.05) is 29.9 Å². The lowest BCUT2D eigenvalue weighted by Gasteiger charge is -2.20. The molecule has 0 saturated carbocycles. The van der Waals surface area contributed by atoms with Gasteiger partial charge in [0.25, 0.3) is 0 Å². The molecule has 0 aliphatic heterocycles. The summed E-state index contributed by atoms with van der Waals surface area (Å²) in [7, 11) is 0. The van der Waals surface area contributed by atoms with E-state index in [1.54, 1.807) is 0 Å². The van der Waals surface area contributed by atoms with E-state index in [0.717, 1.165) is 41.2 Å². The van der Waals surface area contributed by atoms with Crippen LogP contribution in [0.5, 0.6) is 0 Å². The number of hydrogen-bond acceptors (Lipinski definition) is 2. The lowest BCUT2D eigenvalue weighted by atomic mass is 10.0. The predicted molar refractivity (Wildman–Crippen MR) is 134 cm³/mol. The number of benzene rings is 3. The van der Waals surface area contributed by atoms with E-state index < -0.39 is 0 Å². The van der Waals surface area contributed by atoms with E-state index in [1.807, 2.05) is 12.1 Å². The second kappa shape index (κ2) is 9.90. The van der Waals surface area contributed by atoms with Crippen molar-refractivity contribution in [1.29, 1.82) is 0 Å². The van der Waals surface area contributed by atoms with Crippen LogP contribution >= 0.6 is 0 Å². The van der Waals surface area contributed by atoms with Crippen molar-refractivity contribution < 1.29 is 0 Å². The van der Waals surface area contributed by atoms with E-state index in [1.165, 1.54) is 11.3 Å². The van der Waals surface area contributed by atoms with Crippen LogP contribution in [0.25, 0.3) is 34.7 Å². The zero-order valence-electron chi connectivity index (χ0n) is 18.2. The molecule has 0 aliphatic carbocycles. The third-order valence-corrected chi connectivity index (χ3v) is 5.48. The number of hydrogen-bond donors (Lipinski definition) is 0. The van der Waals surface area contributed by atoms with Crippen molar-refractivity contribution in [1.82, 2.24) is 4.98 Å². The van der Waals surface area contributed by atoms with Crippen LogP contribution in [0.2, 0.25) is 0 Å². The zero-order chi connectivity index (χ0) is 21.5. The Hall–Kier alpha value is -3.65. The van der Waals surface area contributed by atoms with E-state index in [2.05, 4.69) is 116 Å². The summed E-state index contributed by atoms with van der Waals surface area (Å²) in [6, 6.07) is 33.8. The maximum atomic E-state index is 4.94. The molecule has 31 heavy (non-hydrogen) atoms. The molecular weight excluding hydrogens is 376 g/mol. The molecule has 0 atom stereocenters. The monoisotopic (exact) mass is 404 g/mol. The average Bonchev–Trinajstić information content (AvgIpc) is 2.85. The zero-order valence-corrected chi connectivity index (χ0v) is 18.2. The largest absolute Gasteiger partial charge is 0.372 e. The van der Waals surface area contributed by atoms with Gasteiger partial charge in [-0.3, -0.25) is 0 Å². The molecule has 1 aromatic heterocycles. The lowest BCUT2D eigenvalue weighted by molar-refractivity contribution is 0.866. The standard InChI is InChI=1S/C29H28N2/c1-3-31(4-2)27-19-17-23(18-20-27)15-16-24-21-28(25-11-7-5-8-12-25)30-29(22-24)26-13-9-6-10-14-26/h5-22H,3-4H2,1-2H3. The Labute approximate surface area is 185 Å². The maximum Gasteiger partial charge on any atom is 0.0715 e. The van der Waals surface area contributed by atoms with Gasteiger partial charge in [-0.25, -0.2) is 4.98 Å². The molecule has 4 rings (SSSR count). The Morgan fingerprint density at radius 3 is 1.58 bits per heavy atom. The van der Waals surface area contributed by atoms with Gasteiger partial charge < -0.3 is 4.90 Å². The van der Waals surface area contributed by atoms with Crippen molar-refractivity contribution in [2.45, 2.75) is 13.8 Å². The Kier molecular flexibility index (Phi) is 6.59. The highest BCUT2D eigenvalue weighted by molar-refractivity contribution is 5.76. The van der Waals surface area contributed by atoms with Crippen LogP contribution in [-0.4, -0.2) is 18.1 Å². The summed E-state index contributed by atoms with van der Waals surface area (Å²) in [5.74, 6) is 0. The summed E-state index contributed by atoms with van der Waals surface area (Å²) < 4.78 is 0. The molecule has 0 amide bonds. The van der Waals surface area contributed by atoms with Gasteiger partial charge in [0.05, 0.1) is 11.4 Å². The van der Waals surface area contributed by atoms with Crippen molar-refractivity contribution in [3.63, 3.8) is 0 Å². The molecule has 0 N–H and O–H groups in total. The van der Waals surface area contributed by atoms with Crippen LogP contribution in [0.4, 0.5) is 5.69 Å². The molecule has 154 valence electrons. The average molecular weight is 405 g/mol. The van der Waals surface area contributed by atoms with E-state index in [0.29, 0.717) is 0 Å². The molecule has 1 heterocycles. The first-order valence-corrected chi connectivity index (χ1v) is 10.9. The minimum absolute atomic E-state index is 0.985. The first-order valence-electron chi connectivity index (χ1n) is 10.9. The smallest absolute Gasteiger partial charge is 0.0715 e. The first-order chi connectivity index (χ1) is 15.3. The number of pyridine rings is 1. The Morgan fingerprint density at radius 1 is 0.613 bits per heavy atom. The molecular formula is C29H28N2. The van der Waals surface area contributed by atoms with E-state index >= 15 is 0 Å². The van der Waals surface area contributed by atoms with Crippen LogP contribution in [0.1, 0.15) is 25.0 Å². The normalized spacial score (nSPS) is 11.0. The molecule has 0 unspecified atom stereocenters. The molecule has 0 spiro atoms. The van der Waals surface area contributed by atoms with E-state index in [-0.39, 0.29) is 0 Å². The first kappa shape index (κ1) is 20.6. The van der Waals surface area contributed by atoms with Gasteiger partial charge in [-0.2, -0.15) is 0 Å². The second-order valence-corrected chi connectivity index (χ2v) is 7.50. The van der Waals surface area contributed by atoms with Crippen LogP contribution in [0, 0.1) is 0 Å². The minimum Gasteiger partial charge on any atom is -0.372 e. The number of rotatable bonds is 7. The fraction of sp³-hybridized carbons (Fsp3) is 0.138. The molecule has 2 nitrogen and oxygen atoms in total. The van der Waals surface area contributed by atoms with Crippen molar-refractivity contribution in [3.05, 3.63) is 108 Å². The number of nitrogens with zero attached hydrogens (tertiary/aromatic N) is 2. The van der Waals surface area contributed by atoms with Crippen LogP contribution in [0.3, 0.4) is 0 Å². The Balaban J connectivity index is 1.67. The van der Waals surface area contributed by atoms with Gasteiger partial charge in [-0.15, -0.1) is 0 Å². The fourth-order valence-corrected chi connectivity index (χ4v) is 3.74. The van der Waals surface area contributed by atoms with E-state index in [4.69, 9.17) is 4.98 Å². The van der Waals surface area contributed by atoms with Gasteiger partial charge in [-0.1, -0.05) is 84.9 Å². The van der Waals surface area contributed by atoms with Crippen molar-refractivity contribution >= 4 is 17.8 Å². The van der Waals surface area contributed by atoms with Crippen molar-refractivity contribution in [2.75, 3.05) is 18.0 Å². The van der Waals surface area contributed by atoms with Crippen LogP contribution in [0.15, 0.2) is 97.1 Å².